The number of carbonyl (C=O) groups is 3. The number of amides is 3. The Morgan fingerprint density at radius 1 is 1.03 bits per heavy atom. The lowest BCUT2D eigenvalue weighted by Crippen LogP contribution is -2.54. The second kappa shape index (κ2) is 10.8. The van der Waals surface area contributed by atoms with Gasteiger partial charge in [-0.15, -0.1) is 0 Å². The molecule has 3 amide bonds. The molecule has 174 valence electrons. The normalized spacial score (nSPS) is 19.8. The van der Waals surface area contributed by atoms with Gasteiger partial charge in [-0.2, -0.15) is 0 Å². The van der Waals surface area contributed by atoms with Crippen molar-refractivity contribution >= 4 is 46.0 Å². The van der Waals surface area contributed by atoms with Crippen molar-refractivity contribution in [3.05, 3.63) is 63.7 Å². The van der Waals surface area contributed by atoms with Gasteiger partial charge in [0.2, 0.25) is 11.8 Å². The maximum absolute atomic E-state index is 13.4. The van der Waals surface area contributed by atoms with E-state index in [0.29, 0.717) is 12.1 Å². The van der Waals surface area contributed by atoms with E-state index in [1.807, 2.05) is 25.1 Å². The van der Waals surface area contributed by atoms with E-state index in [1.165, 1.54) is 10.5 Å². The Morgan fingerprint density at radius 2 is 1.70 bits per heavy atom. The zero-order valence-corrected chi connectivity index (χ0v) is 21.1. The zero-order valence-electron chi connectivity index (χ0n) is 19.0. The van der Waals surface area contributed by atoms with Crippen LogP contribution in [0.25, 0.3) is 0 Å². The largest absolute Gasteiger partial charge is 0.327 e. The first-order valence-electron chi connectivity index (χ1n) is 11.7. The minimum absolute atomic E-state index is 0.0189. The van der Waals surface area contributed by atoms with Gasteiger partial charge in [0.1, 0.15) is 6.04 Å². The van der Waals surface area contributed by atoms with Gasteiger partial charge >= 0.3 is 0 Å². The topological polar surface area (TPSA) is 60.9 Å². The molecule has 2 aliphatic heterocycles. The molecule has 1 atom stereocenters. The molecule has 1 unspecified atom stereocenters. The molecule has 0 radical (unpaired) electrons. The maximum Gasteiger partial charge on any atom is 0.257 e. The van der Waals surface area contributed by atoms with Crippen LogP contribution in [0.4, 0.5) is 5.69 Å². The van der Waals surface area contributed by atoms with Crippen LogP contribution in [0.2, 0.25) is 0 Å². The van der Waals surface area contributed by atoms with Crippen molar-refractivity contribution in [1.29, 1.82) is 0 Å². The molecule has 0 saturated carbocycles. The molecular formula is C26H30IN3O3. The van der Waals surface area contributed by atoms with Gasteiger partial charge in [-0.25, -0.2) is 4.90 Å². The first kappa shape index (κ1) is 23.9. The number of nitrogens with zero attached hydrogens (tertiary/aromatic N) is 3. The number of likely N-dealkylation sites (tertiary alicyclic amines) is 1. The van der Waals surface area contributed by atoms with Crippen molar-refractivity contribution in [1.82, 2.24) is 9.80 Å². The summed E-state index contributed by atoms with van der Waals surface area (Å²) in [6.07, 6.45) is 2.79. The molecule has 0 aliphatic carbocycles. The van der Waals surface area contributed by atoms with E-state index in [-0.39, 0.29) is 30.2 Å². The van der Waals surface area contributed by atoms with Crippen LogP contribution in [-0.4, -0.2) is 52.7 Å². The van der Waals surface area contributed by atoms with Gasteiger partial charge in [0.25, 0.3) is 5.91 Å². The molecule has 0 aromatic heterocycles. The average molecular weight is 559 g/mol. The van der Waals surface area contributed by atoms with E-state index < -0.39 is 6.04 Å². The minimum Gasteiger partial charge on any atom is -0.327 e. The van der Waals surface area contributed by atoms with E-state index in [4.69, 9.17) is 0 Å². The van der Waals surface area contributed by atoms with Gasteiger partial charge in [0.15, 0.2) is 0 Å². The highest BCUT2D eigenvalue weighted by Gasteiger charge is 2.46. The molecule has 7 heteroatoms. The van der Waals surface area contributed by atoms with Crippen LogP contribution in [0, 0.1) is 3.57 Å². The Bertz CT molecular complexity index is 988. The van der Waals surface area contributed by atoms with Crippen LogP contribution in [0.1, 0.15) is 44.6 Å². The smallest absolute Gasteiger partial charge is 0.257 e. The Hall–Kier alpha value is -2.26. The molecule has 33 heavy (non-hydrogen) atoms. The van der Waals surface area contributed by atoms with Crippen LogP contribution < -0.4 is 4.90 Å². The number of rotatable bonds is 7. The second-order valence-electron chi connectivity index (χ2n) is 8.81. The summed E-state index contributed by atoms with van der Waals surface area (Å²) in [6, 6.07) is 17.0. The predicted octanol–water partition coefficient (Wildman–Crippen LogP) is 4.22. The fourth-order valence-corrected chi connectivity index (χ4v) is 5.23. The van der Waals surface area contributed by atoms with Gasteiger partial charge in [-0.1, -0.05) is 37.3 Å². The summed E-state index contributed by atoms with van der Waals surface area (Å²) >= 11 is 2.20. The summed E-state index contributed by atoms with van der Waals surface area (Å²) in [5.74, 6) is -0.533. The van der Waals surface area contributed by atoms with Crippen LogP contribution >= 0.6 is 22.6 Å². The number of piperidine rings is 1. The lowest BCUT2D eigenvalue weighted by molar-refractivity contribution is -0.142. The third kappa shape index (κ3) is 5.46. The zero-order chi connectivity index (χ0) is 23.4. The van der Waals surface area contributed by atoms with E-state index in [9.17, 15) is 14.4 Å². The van der Waals surface area contributed by atoms with Crippen molar-refractivity contribution in [2.45, 2.75) is 57.7 Å². The lowest BCUT2D eigenvalue weighted by Gasteiger charge is -2.40. The summed E-state index contributed by atoms with van der Waals surface area (Å²) in [6.45, 7) is 4.59. The average Bonchev–Trinajstić information content (AvgIpc) is 3.10. The second-order valence-corrected chi connectivity index (χ2v) is 10.1. The van der Waals surface area contributed by atoms with E-state index in [0.717, 1.165) is 42.5 Å². The molecule has 2 aliphatic rings. The highest BCUT2D eigenvalue weighted by Crippen LogP contribution is 2.30. The number of imide groups is 1. The number of hydrogen-bond donors (Lipinski definition) is 0. The minimum atomic E-state index is -0.707. The summed E-state index contributed by atoms with van der Waals surface area (Å²) in [5, 5.41) is 0. The summed E-state index contributed by atoms with van der Waals surface area (Å²) in [5.41, 5.74) is 1.85. The summed E-state index contributed by atoms with van der Waals surface area (Å²) in [7, 11) is 0. The molecule has 4 rings (SSSR count). The van der Waals surface area contributed by atoms with Crippen molar-refractivity contribution in [2.24, 2.45) is 0 Å². The SMILES string of the molecule is CCCC(=O)N(C1CCN(Cc2ccccc2)CC1)C1CC(=O)N(c2ccc(I)cc2)C1=O. The molecule has 2 heterocycles. The van der Waals surface area contributed by atoms with E-state index >= 15 is 0 Å². The molecule has 2 saturated heterocycles. The van der Waals surface area contributed by atoms with Crippen LogP contribution in [0.3, 0.4) is 0 Å². The molecule has 0 spiro atoms. The van der Waals surface area contributed by atoms with Gasteiger partial charge in [0, 0.05) is 35.7 Å². The van der Waals surface area contributed by atoms with E-state index in [2.05, 4.69) is 51.8 Å². The number of carbonyl (C=O) groups excluding carboxylic acids is 3. The molecule has 6 nitrogen and oxygen atoms in total. The van der Waals surface area contributed by atoms with Crippen molar-refractivity contribution in [3.63, 3.8) is 0 Å². The summed E-state index contributed by atoms with van der Waals surface area (Å²) < 4.78 is 1.04. The third-order valence-corrected chi connectivity index (χ3v) is 7.21. The fraction of sp³-hybridized carbons (Fsp3) is 0.423. The van der Waals surface area contributed by atoms with Crippen molar-refractivity contribution in [2.75, 3.05) is 18.0 Å². The molecule has 0 N–H and O–H groups in total. The highest BCUT2D eigenvalue weighted by atomic mass is 127. The van der Waals surface area contributed by atoms with Gasteiger partial charge in [0.05, 0.1) is 12.1 Å². The number of hydrogen-bond acceptors (Lipinski definition) is 4. The Kier molecular flexibility index (Phi) is 7.80. The van der Waals surface area contributed by atoms with Gasteiger partial charge in [-0.05, 0) is 71.7 Å². The van der Waals surface area contributed by atoms with Crippen LogP contribution in [0.15, 0.2) is 54.6 Å². The Balaban J connectivity index is 1.48. The first-order valence-corrected chi connectivity index (χ1v) is 12.8. The van der Waals surface area contributed by atoms with Gasteiger partial charge in [-0.3, -0.25) is 19.3 Å². The molecular weight excluding hydrogens is 529 g/mol. The molecule has 0 bridgehead atoms. The maximum atomic E-state index is 13.4. The fourth-order valence-electron chi connectivity index (χ4n) is 4.87. The molecule has 2 aromatic carbocycles. The third-order valence-electron chi connectivity index (χ3n) is 6.49. The summed E-state index contributed by atoms with van der Waals surface area (Å²) in [4.78, 5) is 44.8. The highest BCUT2D eigenvalue weighted by molar-refractivity contribution is 14.1. The molecule has 2 aromatic rings. The number of anilines is 1. The van der Waals surface area contributed by atoms with Crippen molar-refractivity contribution < 1.29 is 14.4 Å². The van der Waals surface area contributed by atoms with Gasteiger partial charge < -0.3 is 4.90 Å². The standard InChI is InChI=1S/C26H30IN3O3/c1-2-6-24(31)29(22-13-15-28(16-14-22)18-19-7-4-3-5-8-19)23-17-25(32)30(26(23)33)21-11-9-20(27)10-12-21/h3-5,7-12,22-23H,2,6,13-18H2,1H3. The Morgan fingerprint density at radius 3 is 2.33 bits per heavy atom. The van der Waals surface area contributed by atoms with Crippen LogP contribution in [-0.2, 0) is 20.9 Å². The van der Waals surface area contributed by atoms with E-state index in [1.54, 1.807) is 17.0 Å². The number of benzene rings is 2. The van der Waals surface area contributed by atoms with Crippen molar-refractivity contribution in [3.8, 4) is 0 Å². The molecule has 2 fully saturated rings. The lowest BCUT2D eigenvalue weighted by atomic mass is 9.99. The predicted molar refractivity (Wildman–Crippen MR) is 137 cm³/mol. The van der Waals surface area contributed by atoms with Crippen LogP contribution in [0.5, 0.6) is 0 Å². The monoisotopic (exact) mass is 559 g/mol. The number of halogens is 1. The Labute approximate surface area is 209 Å². The quantitative estimate of drug-likeness (QED) is 0.377. The first-order chi connectivity index (χ1) is 16.0.